The number of nitrogens with zero attached hydrogens (tertiary/aromatic N) is 1. The Kier molecular flexibility index (Phi) is 7.16. The maximum absolute atomic E-state index is 6.30. The smallest absolute Gasteiger partial charge is 0.125 e. The third-order valence-electron chi connectivity index (χ3n) is 3.18. The molecule has 1 rings (SSSR count). The molecule has 1 aromatic carbocycles. The summed E-state index contributed by atoms with van der Waals surface area (Å²) in [6.45, 7) is 2.12. The number of methoxy groups -OCH3 is 2. The van der Waals surface area contributed by atoms with E-state index in [1.165, 1.54) is 0 Å². The van der Waals surface area contributed by atoms with E-state index in [-0.39, 0.29) is 6.04 Å². The highest BCUT2D eigenvalue weighted by atomic mass is 35.5. The molecule has 1 aromatic rings. The zero-order valence-corrected chi connectivity index (χ0v) is 12.6. The van der Waals surface area contributed by atoms with E-state index in [2.05, 4.69) is 4.90 Å². The molecule has 0 fully saturated rings. The van der Waals surface area contributed by atoms with Crippen LogP contribution in [0.2, 0.25) is 5.02 Å². The molecule has 5 heteroatoms. The second kappa shape index (κ2) is 8.38. The van der Waals surface area contributed by atoms with Crippen molar-refractivity contribution in [2.24, 2.45) is 5.73 Å². The van der Waals surface area contributed by atoms with Crippen LogP contribution in [0.4, 0.5) is 0 Å². The maximum Gasteiger partial charge on any atom is 0.125 e. The van der Waals surface area contributed by atoms with Crippen LogP contribution >= 0.6 is 11.6 Å². The van der Waals surface area contributed by atoms with E-state index in [1.807, 2.05) is 25.2 Å². The van der Waals surface area contributed by atoms with Gasteiger partial charge in [-0.1, -0.05) is 17.7 Å². The molecule has 0 heterocycles. The second-order valence-corrected chi connectivity index (χ2v) is 4.84. The number of hydrogen-bond acceptors (Lipinski definition) is 4. The van der Waals surface area contributed by atoms with Crippen LogP contribution in [0.3, 0.4) is 0 Å². The van der Waals surface area contributed by atoms with E-state index in [1.54, 1.807) is 14.2 Å². The van der Waals surface area contributed by atoms with Crippen LogP contribution in [0, 0.1) is 0 Å². The number of benzene rings is 1. The number of rotatable bonds is 8. The molecule has 0 bridgehead atoms. The first-order valence-corrected chi connectivity index (χ1v) is 6.75. The fraction of sp³-hybridized carbons (Fsp3) is 0.571. The Labute approximate surface area is 120 Å². The molecule has 0 aliphatic heterocycles. The first-order chi connectivity index (χ1) is 9.15. The first kappa shape index (κ1) is 16.2. The van der Waals surface area contributed by atoms with Crippen molar-refractivity contribution in [2.75, 3.05) is 41.0 Å². The molecule has 108 valence electrons. The number of hydrogen-bond donors (Lipinski definition) is 1. The molecule has 2 N–H and O–H groups in total. The number of ether oxygens (including phenoxy) is 2. The largest absolute Gasteiger partial charge is 0.496 e. The van der Waals surface area contributed by atoms with Gasteiger partial charge in [0.2, 0.25) is 0 Å². The van der Waals surface area contributed by atoms with Crippen molar-refractivity contribution >= 4 is 11.6 Å². The lowest BCUT2D eigenvalue weighted by Crippen LogP contribution is -2.32. The van der Waals surface area contributed by atoms with Gasteiger partial charge in [-0.2, -0.15) is 0 Å². The van der Waals surface area contributed by atoms with Crippen molar-refractivity contribution in [3.8, 4) is 5.75 Å². The van der Waals surface area contributed by atoms with Crippen LogP contribution < -0.4 is 10.5 Å². The van der Waals surface area contributed by atoms with Gasteiger partial charge in [0.05, 0.1) is 13.2 Å². The van der Waals surface area contributed by atoms with Gasteiger partial charge in [-0.3, -0.25) is 4.90 Å². The summed E-state index contributed by atoms with van der Waals surface area (Å²) in [7, 11) is 5.39. The van der Waals surface area contributed by atoms with Crippen molar-refractivity contribution in [1.29, 1.82) is 0 Å². The molecule has 4 nitrogen and oxygen atoms in total. The highest BCUT2D eigenvalue weighted by Crippen LogP contribution is 2.34. The summed E-state index contributed by atoms with van der Waals surface area (Å²) < 4.78 is 10.5. The minimum atomic E-state index is 0.0421. The minimum Gasteiger partial charge on any atom is -0.496 e. The van der Waals surface area contributed by atoms with E-state index >= 15 is 0 Å². The molecular weight excluding hydrogens is 264 g/mol. The quantitative estimate of drug-likeness (QED) is 0.745. The second-order valence-electron chi connectivity index (χ2n) is 4.43. The van der Waals surface area contributed by atoms with Crippen molar-refractivity contribution in [1.82, 2.24) is 4.90 Å². The van der Waals surface area contributed by atoms with Crippen LogP contribution in [0.1, 0.15) is 18.0 Å². The molecule has 0 aromatic heterocycles. The Balaban J connectivity index is 2.90. The minimum absolute atomic E-state index is 0.0421. The Morgan fingerprint density at radius 1 is 1.37 bits per heavy atom. The van der Waals surface area contributed by atoms with E-state index in [9.17, 15) is 0 Å². The Morgan fingerprint density at radius 2 is 2.11 bits per heavy atom. The van der Waals surface area contributed by atoms with E-state index in [4.69, 9.17) is 26.8 Å². The summed E-state index contributed by atoms with van der Waals surface area (Å²) in [6, 6.07) is 5.70. The summed E-state index contributed by atoms with van der Waals surface area (Å²) >= 11 is 6.30. The van der Waals surface area contributed by atoms with E-state index in [0.717, 1.165) is 30.9 Å². The lowest BCUT2D eigenvalue weighted by molar-refractivity contribution is 0.165. The van der Waals surface area contributed by atoms with Gasteiger partial charge in [-0.05, 0) is 25.6 Å². The van der Waals surface area contributed by atoms with E-state index in [0.29, 0.717) is 11.6 Å². The van der Waals surface area contributed by atoms with Gasteiger partial charge in [-0.15, -0.1) is 0 Å². The van der Waals surface area contributed by atoms with Gasteiger partial charge in [0.15, 0.2) is 0 Å². The van der Waals surface area contributed by atoms with Crippen molar-refractivity contribution < 1.29 is 9.47 Å². The standard InChI is InChI=1S/C14H23ClN2O2/c1-17(8-5-9-18-2)12(10-16)14-11(15)6-4-7-13(14)19-3/h4,6-7,12H,5,8-10,16H2,1-3H3. The topological polar surface area (TPSA) is 47.7 Å². The van der Waals surface area contributed by atoms with Crippen LogP contribution in [-0.2, 0) is 4.74 Å². The van der Waals surface area contributed by atoms with Crippen molar-refractivity contribution in [3.63, 3.8) is 0 Å². The third kappa shape index (κ3) is 4.35. The maximum atomic E-state index is 6.30. The molecule has 1 atom stereocenters. The van der Waals surface area contributed by atoms with Crippen molar-refractivity contribution in [2.45, 2.75) is 12.5 Å². The normalized spacial score (nSPS) is 12.7. The van der Waals surface area contributed by atoms with Crippen LogP contribution in [0.5, 0.6) is 5.75 Å². The predicted molar refractivity (Wildman–Crippen MR) is 78.9 cm³/mol. The summed E-state index contributed by atoms with van der Waals surface area (Å²) in [5, 5.41) is 0.688. The molecule has 0 saturated carbocycles. The molecule has 0 radical (unpaired) electrons. The summed E-state index contributed by atoms with van der Waals surface area (Å²) in [5.41, 5.74) is 6.87. The average Bonchev–Trinajstić information content (AvgIpc) is 2.41. The Morgan fingerprint density at radius 3 is 2.68 bits per heavy atom. The monoisotopic (exact) mass is 286 g/mol. The SMILES string of the molecule is COCCCN(C)C(CN)c1c(Cl)cccc1OC. The molecule has 0 aliphatic carbocycles. The van der Waals surface area contributed by atoms with Crippen molar-refractivity contribution in [3.05, 3.63) is 28.8 Å². The summed E-state index contributed by atoms with van der Waals surface area (Å²) in [4.78, 5) is 2.18. The fourth-order valence-electron chi connectivity index (χ4n) is 2.15. The highest BCUT2D eigenvalue weighted by Gasteiger charge is 2.21. The van der Waals surface area contributed by atoms with Gasteiger partial charge >= 0.3 is 0 Å². The zero-order chi connectivity index (χ0) is 14.3. The Hall–Kier alpha value is -0.810. The Bertz CT molecular complexity index is 388. The van der Waals surface area contributed by atoms with Gasteiger partial charge in [0.25, 0.3) is 0 Å². The third-order valence-corrected chi connectivity index (χ3v) is 3.51. The molecule has 0 spiro atoms. The van der Waals surface area contributed by atoms with Crippen LogP contribution in [0.25, 0.3) is 0 Å². The van der Waals surface area contributed by atoms with Gasteiger partial charge in [0, 0.05) is 37.4 Å². The lowest BCUT2D eigenvalue weighted by atomic mass is 10.0. The van der Waals surface area contributed by atoms with Gasteiger partial charge in [0.1, 0.15) is 5.75 Å². The molecular formula is C14H23ClN2O2. The van der Waals surface area contributed by atoms with Gasteiger partial charge in [-0.25, -0.2) is 0 Å². The summed E-state index contributed by atoms with van der Waals surface area (Å²) in [6.07, 6.45) is 0.955. The summed E-state index contributed by atoms with van der Waals surface area (Å²) in [5.74, 6) is 0.779. The lowest BCUT2D eigenvalue weighted by Gasteiger charge is -2.29. The van der Waals surface area contributed by atoms with E-state index < -0.39 is 0 Å². The zero-order valence-electron chi connectivity index (χ0n) is 11.9. The predicted octanol–water partition coefficient (Wildman–Crippen LogP) is 2.32. The molecule has 1 unspecified atom stereocenters. The van der Waals surface area contributed by atoms with Crippen LogP contribution in [-0.4, -0.2) is 45.9 Å². The molecule has 0 aliphatic rings. The molecule has 0 amide bonds. The molecule has 19 heavy (non-hydrogen) atoms. The molecule has 0 saturated heterocycles. The number of nitrogens with two attached hydrogens (primary N) is 1. The van der Waals surface area contributed by atoms with Gasteiger partial charge < -0.3 is 15.2 Å². The number of halogens is 1. The fourth-order valence-corrected chi connectivity index (χ4v) is 2.44. The first-order valence-electron chi connectivity index (χ1n) is 6.37. The average molecular weight is 287 g/mol. The number of likely N-dealkylation sites (N-methyl/N-ethyl adjacent to an activating group) is 1. The van der Waals surface area contributed by atoms with Crippen LogP contribution in [0.15, 0.2) is 18.2 Å². The highest BCUT2D eigenvalue weighted by molar-refractivity contribution is 6.31.